The number of nitrogens with zero attached hydrogens (tertiary/aromatic N) is 2. The molecular weight excluding hydrogens is 472 g/mol. The van der Waals surface area contributed by atoms with Gasteiger partial charge in [-0.1, -0.05) is 66.2 Å². The number of imide groups is 1. The van der Waals surface area contributed by atoms with E-state index in [1.54, 1.807) is 6.07 Å². The monoisotopic (exact) mass is 492 g/mol. The van der Waals surface area contributed by atoms with Crippen molar-refractivity contribution in [3.05, 3.63) is 117 Å². The van der Waals surface area contributed by atoms with Crippen LogP contribution in [-0.2, 0) is 9.59 Å². The van der Waals surface area contributed by atoms with Crippen LogP contribution >= 0.6 is 11.6 Å². The van der Waals surface area contributed by atoms with E-state index in [4.69, 9.17) is 16.0 Å². The van der Waals surface area contributed by atoms with E-state index in [2.05, 4.69) is 29.4 Å². The Morgan fingerprint density at radius 2 is 1.36 bits per heavy atom. The van der Waals surface area contributed by atoms with Crippen LogP contribution in [0.3, 0.4) is 0 Å². The van der Waals surface area contributed by atoms with Crippen LogP contribution in [-0.4, -0.2) is 23.0 Å². The highest BCUT2D eigenvalue weighted by molar-refractivity contribution is 6.30. The Labute approximate surface area is 213 Å². The van der Waals surface area contributed by atoms with Crippen LogP contribution in [0.25, 0.3) is 11.3 Å². The average Bonchev–Trinajstić information content (AvgIpc) is 3.47. The number of carbonyl (C=O) groups excluding carboxylic acids is 2. The summed E-state index contributed by atoms with van der Waals surface area (Å²) in [5.74, 6) is -0.607. The Balaban J connectivity index is 1.24. The number of hydrogen-bond acceptors (Lipinski definition) is 4. The Kier molecular flexibility index (Phi) is 4.60. The van der Waals surface area contributed by atoms with Gasteiger partial charge in [-0.3, -0.25) is 9.59 Å². The van der Waals surface area contributed by atoms with E-state index in [0.717, 1.165) is 38.4 Å². The lowest BCUT2D eigenvalue weighted by Gasteiger charge is -2.45. The molecule has 36 heavy (non-hydrogen) atoms. The van der Waals surface area contributed by atoms with Crippen LogP contribution in [0.2, 0.25) is 5.02 Å². The van der Waals surface area contributed by atoms with Gasteiger partial charge in [-0.25, -0.2) is 0 Å². The molecular formula is C30H21ClN2O3. The topological polar surface area (TPSA) is 62.9 Å². The van der Waals surface area contributed by atoms with E-state index >= 15 is 0 Å². The molecule has 2 amide bonds. The van der Waals surface area contributed by atoms with Crippen LogP contribution < -0.4 is 0 Å². The molecule has 0 N–H and O–H groups in total. The van der Waals surface area contributed by atoms with Crippen LogP contribution in [0.1, 0.15) is 45.4 Å². The predicted octanol–water partition coefficient (Wildman–Crippen LogP) is 6.13. The lowest BCUT2D eigenvalue weighted by atomic mass is 9.55. The zero-order chi connectivity index (χ0) is 24.6. The Bertz CT molecular complexity index is 1490. The second kappa shape index (κ2) is 7.77. The van der Waals surface area contributed by atoms with Crippen molar-refractivity contribution in [3.63, 3.8) is 0 Å². The second-order valence-corrected chi connectivity index (χ2v) is 10.1. The van der Waals surface area contributed by atoms with Gasteiger partial charge in [-0.2, -0.15) is 10.1 Å². The van der Waals surface area contributed by atoms with E-state index < -0.39 is 11.8 Å². The van der Waals surface area contributed by atoms with E-state index in [-0.39, 0.29) is 23.7 Å². The zero-order valence-corrected chi connectivity index (χ0v) is 20.1. The minimum atomic E-state index is -0.453. The highest BCUT2D eigenvalue weighted by Crippen LogP contribution is 2.60. The fourth-order valence-corrected chi connectivity index (χ4v) is 6.49. The van der Waals surface area contributed by atoms with Crippen LogP contribution in [0, 0.1) is 18.8 Å². The van der Waals surface area contributed by atoms with Gasteiger partial charge in [0.25, 0.3) is 11.8 Å². The van der Waals surface area contributed by atoms with Crippen LogP contribution in [0.4, 0.5) is 0 Å². The van der Waals surface area contributed by atoms with E-state index in [9.17, 15) is 9.59 Å². The molecule has 2 atom stereocenters. The van der Waals surface area contributed by atoms with Crippen molar-refractivity contribution in [1.29, 1.82) is 0 Å². The van der Waals surface area contributed by atoms with Crippen LogP contribution in [0.5, 0.6) is 0 Å². The van der Waals surface area contributed by atoms with Gasteiger partial charge in [-0.05, 0) is 59.0 Å². The maximum atomic E-state index is 13.6. The first-order chi connectivity index (χ1) is 17.5. The summed E-state index contributed by atoms with van der Waals surface area (Å²) in [6.45, 7) is 1.98. The van der Waals surface area contributed by atoms with Crippen molar-refractivity contribution < 1.29 is 14.0 Å². The lowest BCUT2D eigenvalue weighted by Crippen LogP contribution is -2.41. The van der Waals surface area contributed by atoms with Crippen molar-refractivity contribution in [1.82, 2.24) is 5.01 Å². The van der Waals surface area contributed by atoms with Gasteiger partial charge < -0.3 is 4.42 Å². The van der Waals surface area contributed by atoms with Gasteiger partial charge in [0.15, 0.2) is 0 Å². The summed E-state index contributed by atoms with van der Waals surface area (Å²) < 4.78 is 5.95. The molecule has 2 bridgehead atoms. The summed E-state index contributed by atoms with van der Waals surface area (Å²) >= 11 is 6.16. The molecule has 2 heterocycles. The van der Waals surface area contributed by atoms with Gasteiger partial charge in [0.05, 0.1) is 18.1 Å². The van der Waals surface area contributed by atoms with Gasteiger partial charge in [-0.15, -0.1) is 0 Å². The average molecular weight is 493 g/mol. The molecule has 0 saturated carbocycles. The first-order valence-corrected chi connectivity index (χ1v) is 12.4. The molecule has 0 spiro atoms. The number of halogens is 1. The lowest BCUT2D eigenvalue weighted by molar-refractivity contribution is -0.139. The number of hydrogen-bond donors (Lipinski definition) is 0. The number of hydrazone groups is 1. The summed E-state index contributed by atoms with van der Waals surface area (Å²) in [6.07, 6.45) is 1.44. The molecule has 4 aliphatic rings. The third-order valence-electron chi connectivity index (χ3n) is 7.82. The molecule has 4 aromatic rings. The summed E-state index contributed by atoms with van der Waals surface area (Å²) in [6, 6.07) is 25.6. The molecule has 0 radical (unpaired) electrons. The van der Waals surface area contributed by atoms with E-state index in [1.165, 1.54) is 6.21 Å². The summed E-state index contributed by atoms with van der Waals surface area (Å²) in [5, 5.41) is 6.01. The Hall–Kier alpha value is -3.96. The van der Waals surface area contributed by atoms with E-state index in [0.29, 0.717) is 16.5 Å². The molecule has 0 unspecified atom stereocenters. The smallest absolute Gasteiger partial charge is 0.254 e. The van der Waals surface area contributed by atoms with Crippen molar-refractivity contribution in [3.8, 4) is 11.3 Å². The molecule has 176 valence electrons. The molecule has 5 nitrogen and oxygen atoms in total. The standard InChI is InChI=1S/C30H21ClN2O3/c1-16-10-11-17(31)14-23(16)24-13-12-18(36-24)15-32-33-29(34)27-25-19-6-2-3-7-20(19)26(28(27)30(33)35)22-9-5-4-8-21(22)25/h2-15,25-28H,1H3/b32-15-/t25?,26?,27-,28-/m0/s1. The molecule has 6 heteroatoms. The number of amides is 2. The summed E-state index contributed by atoms with van der Waals surface area (Å²) in [5.41, 5.74) is 6.47. The summed E-state index contributed by atoms with van der Waals surface area (Å²) in [4.78, 5) is 27.3. The van der Waals surface area contributed by atoms with Crippen molar-refractivity contribution in [2.24, 2.45) is 16.9 Å². The Morgan fingerprint density at radius 3 is 1.92 bits per heavy atom. The minimum absolute atomic E-state index is 0.148. The highest BCUT2D eigenvalue weighted by Gasteiger charge is 2.61. The third kappa shape index (κ3) is 2.93. The van der Waals surface area contributed by atoms with Gasteiger partial charge >= 0.3 is 0 Å². The highest BCUT2D eigenvalue weighted by atomic mass is 35.5. The van der Waals surface area contributed by atoms with Crippen LogP contribution in [0.15, 0.2) is 88.4 Å². The predicted molar refractivity (Wildman–Crippen MR) is 137 cm³/mol. The second-order valence-electron chi connectivity index (χ2n) is 9.66. The van der Waals surface area contributed by atoms with Crippen molar-refractivity contribution >= 4 is 29.6 Å². The SMILES string of the molecule is Cc1ccc(Cl)cc1-c1ccc(/C=N\N2C(=O)[C@H]3C4c5ccccc5C(c5ccccc54)[C@@H]3C2=O)o1. The maximum Gasteiger partial charge on any atom is 0.254 e. The fourth-order valence-electron chi connectivity index (χ4n) is 6.32. The molecule has 1 fully saturated rings. The number of benzene rings is 3. The maximum absolute atomic E-state index is 13.6. The molecule has 1 saturated heterocycles. The number of carbonyl (C=O) groups is 2. The first-order valence-electron chi connectivity index (χ1n) is 12.0. The third-order valence-corrected chi connectivity index (χ3v) is 8.05. The molecule has 3 aliphatic carbocycles. The largest absolute Gasteiger partial charge is 0.455 e. The fraction of sp³-hybridized carbons (Fsp3) is 0.167. The first kappa shape index (κ1) is 21.3. The van der Waals surface area contributed by atoms with E-state index in [1.807, 2.05) is 55.5 Å². The zero-order valence-electron chi connectivity index (χ0n) is 19.4. The molecule has 8 rings (SSSR count). The minimum Gasteiger partial charge on any atom is -0.455 e. The summed E-state index contributed by atoms with van der Waals surface area (Å²) in [7, 11) is 0. The Morgan fingerprint density at radius 1 is 0.806 bits per heavy atom. The quantitative estimate of drug-likeness (QED) is 0.255. The van der Waals surface area contributed by atoms with Gasteiger partial charge in [0.2, 0.25) is 0 Å². The van der Waals surface area contributed by atoms with Crippen molar-refractivity contribution in [2.45, 2.75) is 18.8 Å². The number of furan rings is 1. The normalized spacial score (nSPS) is 23.8. The number of aryl methyl sites for hydroxylation is 1. The number of rotatable bonds is 3. The molecule has 1 aromatic heterocycles. The van der Waals surface area contributed by atoms with Gasteiger partial charge in [0, 0.05) is 22.4 Å². The van der Waals surface area contributed by atoms with Crippen molar-refractivity contribution in [2.75, 3.05) is 0 Å². The molecule has 3 aromatic carbocycles. The molecule has 1 aliphatic heterocycles. The van der Waals surface area contributed by atoms with Gasteiger partial charge in [0.1, 0.15) is 11.5 Å².